The zero-order valence-electron chi connectivity index (χ0n) is 36.9. The number of amides is 2. The second-order valence-corrected chi connectivity index (χ2v) is 18.3. The Hall–Kier alpha value is -5.97. The fourth-order valence-corrected chi connectivity index (χ4v) is 9.54. The summed E-state index contributed by atoms with van der Waals surface area (Å²) in [5.41, 5.74) is 6.03. The lowest BCUT2D eigenvalue weighted by Crippen LogP contribution is -2.74. The van der Waals surface area contributed by atoms with Crippen LogP contribution in [0.4, 0.5) is 11.4 Å². The summed E-state index contributed by atoms with van der Waals surface area (Å²) in [6.07, 6.45) is 8.08. The van der Waals surface area contributed by atoms with Gasteiger partial charge in [-0.15, -0.1) is 0 Å². The molecular formula is C49H58ClN9O4. The lowest BCUT2D eigenvalue weighted by Gasteiger charge is -2.63. The van der Waals surface area contributed by atoms with Crippen LogP contribution in [0.3, 0.4) is 0 Å². The molecule has 4 N–H and O–H groups in total. The number of pyridine rings is 3. The molecule has 13 nitrogen and oxygen atoms in total. The van der Waals surface area contributed by atoms with Gasteiger partial charge in [-0.25, -0.2) is 4.98 Å². The molecule has 0 bridgehead atoms. The minimum absolute atomic E-state index is 0.0482. The molecule has 14 heteroatoms. The Morgan fingerprint density at radius 3 is 2.29 bits per heavy atom. The zero-order valence-corrected chi connectivity index (χ0v) is 37.6. The number of nitrogens with one attached hydrogen (secondary N) is 4. The molecule has 3 aromatic heterocycles. The number of anilines is 2. The number of nitriles is 1. The van der Waals surface area contributed by atoms with Gasteiger partial charge in [0.2, 0.25) is 0 Å². The molecule has 1 aliphatic heterocycles. The van der Waals surface area contributed by atoms with Crippen LogP contribution in [0, 0.1) is 22.2 Å². The average Bonchev–Trinajstić information content (AvgIpc) is 3.28. The Kier molecular flexibility index (Phi) is 14.0. The first kappa shape index (κ1) is 45.1. The Bertz CT molecular complexity index is 2490. The number of ether oxygens (including phenoxy) is 1. The number of H-pyrrole nitrogens is 1. The number of fused-ring (bicyclic) bond motifs is 1. The van der Waals surface area contributed by atoms with Crippen molar-refractivity contribution in [1.82, 2.24) is 30.5 Å². The van der Waals surface area contributed by atoms with Gasteiger partial charge in [0.1, 0.15) is 23.6 Å². The fourth-order valence-electron chi connectivity index (χ4n) is 9.32. The number of unbranched alkanes of at least 4 members (excludes halogenated alkanes) is 3. The van der Waals surface area contributed by atoms with E-state index >= 15 is 0 Å². The van der Waals surface area contributed by atoms with Gasteiger partial charge in [-0.3, -0.25) is 24.3 Å². The van der Waals surface area contributed by atoms with Crippen molar-refractivity contribution in [3.05, 3.63) is 122 Å². The van der Waals surface area contributed by atoms with Gasteiger partial charge in [0.15, 0.2) is 0 Å². The number of benzene rings is 2. The molecule has 2 fully saturated rings. The van der Waals surface area contributed by atoms with Crippen LogP contribution in [-0.2, 0) is 13.0 Å². The maximum atomic E-state index is 13.3. The molecule has 0 spiro atoms. The minimum Gasteiger partial charge on any atom is -0.489 e. The lowest BCUT2D eigenvalue weighted by molar-refractivity contribution is -0.164. The highest BCUT2D eigenvalue weighted by Crippen LogP contribution is 2.55. The molecule has 0 atom stereocenters. The average molecular weight is 873 g/mol. The molecular weight excluding hydrogens is 814 g/mol. The molecule has 1 saturated carbocycles. The van der Waals surface area contributed by atoms with E-state index in [1.165, 1.54) is 0 Å². The Balaban J connectivity index is 0.754. The summed E-state index contributed by atoms with van der Waals surface area (Å²) in [5.74, 6) is 0.308. The van der Waals surface area contributed by atoms with E-state index in [0.29, 0.717) is 40.6 Å². The van der Waals surface area contributed by atoms with Gasteiger partial charge >= 0.3 is 0 Å². The zero-order chi connectivity index (χ0) is 44.7. The van der Waals surface area contributed by atoms with Gasteiger partial charge < -0.3 is 30.6 Å². The molecule has 5 aromatic rings. The van der Waals surface area contributed by atoms with Gasteiger partial charge in [0, 0.05) is 91.8 Å². The minimum atomic E-state index is -0.347. The van der Waals surface area contributed by atoms with E-state index in [-0.39, 0.29) is 40.3 Å². The van der Waals surface area contributed by atoms with Crippen LogP contribution in [0.1, 0.15) is 97.8 Å². The molecule has 0 radical (unpaired) electrons. The summed E-state index contributed by atoms with van der Waals surface area (Å²) < 4.78 is 6.36. The topological polar surface area (TPSA) is 168 Å². The third-order valence-corrected chi connectivity index (χ3v) is 12.9. The molecule has 7 rings (SSSR count). The molecule has 4 heterocycles. The number of piperazine rings is 1. The molecule has 63 heavy (non-hydrogen) atoms. The van der Waals surface area contributed by atoms with E-state index in [1.54, 1.807) is 30.5 Å². The van der Waals surface area contributed by atoms with E-state index in [2.05, 4.69) is 74.5 Å². The van der Waals surface area contributed by atoms with Crippen molar-refractivity contribution >= 4 is 45.8 Å². The van der Waals surface area contributed by atoms with Crippen molar-refractivity contribution in [2.24, 2.45) is 10.8 Å². The first-order valence-corrected chi connectivity index (χ1v) is 22.4. The van der Waals surface area contributed by atoms with Gasteiger partial charge in [-0.2, -0.15) is 5.26 Å². The molecule has 2 aliphatic rings. The van der Waals surface area contributed by atoms with E-state index < -0.39 is 0 Å². The summed E-state index contributed by atoms with van der Waals surface area (Å²) in [7, 11) is 0. The fraction of sp³-hybridized carbons (Fsp3) is 0.429. The highest BCUT2D eigenvalue weighted by atomic mass is 35.5. The Morgan fingerprint density at radius 1 is 0.889 bits per heavy atom. The van der Waals surface area contributed by atoms with Crippen molar-refractivity contribution in [3.8, 4) is 11.8 Å². The number of halogens is 1. The SMILES string of the molecule is CCc1cc2ncc(CN3CCN(c4ccc(C(=O)NCCCCCCNc5ccc(C(=O)NC6C(C)(C)C(Oc7ccc(C#N)c(Cl)c7)C6(C)C)cc5)nc4)CC3)cc2[nH]c1=O. The van der Waals surface area contributed by atoms with Crippen molar-refractivity contribution in [2.75, 3.05) is 49.5 Å². The van der Waals surface area contributed by atoms with Gasteiger partial charge in [-0.05, 0) is 85.5 Å². The Morgan fingerprint density at radius 2 is 1.62 bits per heavy atom. The molecule has 2 amide bonds. The molecule has 1 aliphatic carbocycles. The highest BCUT2D eigenvalue weighted by molar-refractivity contribution is 6.31. The van der Waals surface area contributed by atoms with Gasteiger partial charge in [0.25, 0.3) is 17.4 Å². The predicted octanol–water partition coefficient (Wildman–Crippen LogP) is 7.74. The standard InChI is InChI=1S/C49H58ClN9O4/c1-6-33-26-41-42(56-43(33)60)25-32(29-54-41)31-58-21-23-59(24-22-58)37-16-18-40(55-30-37)45(62)53-20-10-8-7-9-19-52-36-14-11-34(12-15-36)44(61)57-46-48(2,3)47(49(46,4)5)63-38-17-13-35(28-51)39(50)27-38/h11-18,25-27,29-30,46-47,52H,6-10,19-24,31H2,1-5H3,(H,53,62)(H,56,60)(H,57,61). The number of hydrogen-bond acceptors (Lipinski definition) is 10. The third-order valence-electron chi connectivity index (χ3n) is 12.6. The smallest absolute Gasteiger partial charge is 0.269 e. The van der Waals surface area contributed by atoms with E-state index in [4.69, 9.17) is 16.3 Å². The van der Waals surface area contributed by atoms with Gasteiger partial charge in [0.05, 0.1) is 33.5 Å². The summed E-state index contributed by atoms with van der Waals surface area (Å²) in [4.78, 5) is 55.1. The maximum Gasteiger partial charge on any atom is 0.269 e. The Labute approximate surface area is 374 Å². The number of hydrogen-bond donors (Lipinski definition) is 4. The van der Waals surface area contributed by atoms with E-state index in [9.17, 15) is 19.6 Å². The summed E-state index contributed by atoms with van der Waals surface area (Å²) >= 11 is 6.24. The summed E-state index contributed by atoms with van der Waals surface area (Å²) in [5, 5.41) is 19.3. The molecule has 2 aromatic carbocycles. The second-order valence-electron chi connectivity index (χ2n) is 17.9. The third kappa shape index (κ3) is 10.5. The van der Waals surface area contributed by atoms with Crippen molar-refractivity contribution in [2.45, 2.75) is 85.4 Å². The van der Waals surface area contributed by atoms with E-state index in [1.807, 2.05) is 55.6 Å². The number of rotatable bonds is 17. The van der Waals surface area contributed by atoms with Crippen LogP contribution in [0.25, 0.3) is 11.0 Å². The summed E-state index contributed by atoms with van der Waals surface area (Å²) in [6.45, 7) is 16.0. The monoisotopic (exact) mass is 871 g/mol. The maximum absolute atomic E-state index is 13.3. The number of aromatic nitrogens is 3. The largest absolute Gasteiger partial charge is 0.489 e. The van der Waals surface area contributed by atoms with Crippen molar-refractivity contribution < 1.29 is 14.3 Å². The number of nitrogens with zero attached hydrogens (tertiary/aromatic N) is 5. The first-order valence-electron chi connectivity index (χ1n) is 22.0. The second kappa shape index (κ2) is 19.6. The van der Waals surface area contributed by atoms with Crippen LogP contribution in [0.2, 0.25) is 5.02 Å². The summed E-state index contributed by atoms with van der Waals surface area (Å²) in [6, 6.07) is 22.3. The van der Waals surface area contributed by atoms with E-state index in [0.717, 1.165) is 98.5 Å². The highest BCUT2D eigenvalue weighted by Gasteiger charge is 2.64. The molecule has 0 unspecified atom stereocenters. The number of carbonyl (C=O) groups is 2. The predicted molar refractivity (Wildman–Crippen MR) is 249 cm³/mol. The normalized spacial score (nSPS) is 18.0. The first-order chi connectivity index (χ1) is 30.3. The van der Waals surface area contributed by atoms with Crippen LogP contribution in [0.5, 0.6) is 5.75 Å². The quantitative estimate of drug-likeness (QED) is 0.0679. The van der Waals surface area contributed by atoms with Gasteiger partial charge in [-0.1, -0.05) is 59.1 Å². The van der Waals surface area contributed by atoms with Crippen LogP contribution >= 0.6 is 11.6 Å². The van der Waals surface area contributed by atoms with Crippen LogP contribution in [0.15, 0.2) is 83.9 Å². The molecule has 1 saturated heterocycles. The molecule has 330 valence electrons. The lowest BCUT2D eigenvalue weighted by atomic mass is 9.49. The number of aryl methyl sites for hydroxylation is 1. The van der Waals surface area contributed by atoms with Crippen LogP contribution in [-0.4, -0.2) is 83.1 Å². The van der Waals surface area contributed by atoms with Crippen molar-refractivity contribution in [1.29, 1.82) is 5.26 Å². The number of carbonyl (C=O) groups excluding carboxylic acids is 2. The number of aromatic amines is 1. The van der Waals surface area contributed by atoms with Crippen molar-refractivity contribution in [3.63, 3.8) is 0 Å². The van der Waals surface area contributed by atoms with Crippen LogP contribution < -0.4 is 31.1 Å².